The first kappa shape index (κ1) is 15.8. The average molecular weight is 321 g/mol. The Morgan fingerprint density at radius 2 is 2.32 bits per heavy atom. The lowest BCUT2D eigenvalue weighted by Crippen LogP contribution is -2.43. The molecule has 2 aliphatic rings. The summed E-state index contributed by atoms with van der Waals surface area (Å²) in [5, 5.41) is 0. The molecule has 2 unspecified atom stereocenters. The topological polar surface area (TPSA) is 38.8 Å². The summed E-state index contributed by atoms with van der Waals surface area (Å²) in [6, 6.07) is 8.07. The predicted molar refractivity (Wildman–Crippen MR) is 88.5 cm³/mol. The summed E-state index contributed by atoms with van der Waals surface area (Å²) in [6.07, 6.45) is 3.07. The number of hydrogen-bond donors (Lipinski definition) is 0. The highest BCUT2D eigenvalue weighted by atomic mass is 32.2. The molecule has 0 N–H and O–H groups in total. The van der Waals surface area contributed by atoms with Crippen LogP contribution in [0.3, 0.4) is 0 Å². The monoisotopic (exact) mass is 321 g/mol. The Bertz CT molecular complexity index is 516. The van der Waals surface area contributed by atoms with Crippen molar-refractivity contribution in [1.82, 2.24) is 0 Å². The van der Waals surface area contributed by atoms with Gasteiger partial charge in [-0.3, -0.25) is 4.79 Å². The van der Waals surface area contributed by atoms with Crippen LogP contribution in [0, 0.1) is 0 Å². The van der Waals surface area contributed by atoms with Gasteiger partial charge in [0.05, 0.1) is 18.4 Å². The summed E-state index contributed by atoms with van der Waals surface area (Å²) in [6.45, 7) is 3.91. The second kappa shape index (κ2) is 7.49. The van der Waals surface area contributed by atoms with E-state index >= 15 is 0 Å². The van der Waals surface area contributed by atoms with Gasteiger partial charge in [0.15, 0.2) is 0 Å². The summed E-state index contributed by atoms with van der Waals surface area (Å²) < 4.78 is 11.4. The number of fused-ring (bicyclic) bond motifs is 1. The lowest BCUT2D eigenvalue weighted by atomic mass is 10.1. The van der Waals surface area contributed by atoms with E-state index in [1.807, 2.05) is 30.0 Å². The van der Waals surface area contributed by atoms with Gasteiger partial charge in [-0.15, -0.1) is 11.8 Å². The minimum Gasteiger partial charge on any atom is -0.376 e. The van der Waals surface area contributed by atoms with Crippen LogP contribution in [0.15, 0.2) is 29.2 Å². The minimum absolute atomic E-state index is 0.0450. The zero-order valence-electron chi connectivity index (χ0n) is 13.0. The number of benzene rings is 1. The number of amides is 1. The zero-order valence-corrected chi connectivity index (χ0v) is 13.8. The quantitative estimate of drug-likeness (QED) is 0.854. The van der Waals surface area contributed by atoms with E-state index < -0.39 is 6.10 Å². The Kier molecular flexibility index (Phi) is 5.39. The third-order valence-electron chi connectivity index (χ3n) is 4.15. The fourth-order valence-electron chi connectivity index (χ4n) is 2.88. The maximum atomic E-state index is 12.7. The molecule has 4 nitrogen and oxygen atoms in total. The van der Waals surface area contributed by atoms with Crippen molar-refractivity contribution in [3.8, 4) is 0 Å². The molecule has 1 aromatic carbocycles. The molecule has 1 amide bonds. The number of hydrogen-bond acceptors (Lipinski definition) is 4. The second-order valence-electron chi connectivity index (χ2n) is 5.77. The van der Waals surface area contributed by atoms with Crippen molar-refractivity contribution in [1.29, 1.82) is 0 Å². The van der Waals surface area contributed by atoms with Crippen molar-refractivity contribution >= 4 is 23.4 Å². The first-order valence-electron chi connectivity index (χ1n) is 8.02. The highest BCUT2D eigenvalue weighted by molar-refractivity contribution is 7.99. The molecule has 0 saturated carbocycles. The molecule has 0 bridgehead atoms. The number of nitrogens with zero attached hydrogens (tertiary/aromatic N) is 1. The number of rotatable bonds is 4. The van der Waals surface area contributed by atoms with Gasteiger partial charge in [0, 0.05) is 23.8 Å². The van der Waals surface area contributed by atoms with Crippen LogP contribution in [-0.2, 0) is 14.3 Å². The summed E-state index contributed by atoms with van der Waals surface area (Å²) >= 11 is 1.80. The predicted octanol–water partition coefficient (Wildman–Crippen LogP) is 3.10. The van der Waals surface area contributed by atoms with E-state index in [1.165, 1.54) is 11.3 Å². The van der Waals surface area contributed by atoms with Gasteiger partial charge in [0.1, 0.15) is 6.10 Å². The third kappa shape index (κ3) is 3.65. The largest absolute Gasteiger partial charge is 0.376 e. The van der Waals surface area contributed by atoms with Gasteiger partial charge >= 0.3 is 0 Å². The SMILES string of the molecule is CC(OCC1CCCCO1)C(=O)N1CCSc2ccccc21. The molecule has 120 valence electrons. The average Bonchev–Trinajstić information content (AvgIpc) is 2.59. The molecule has 3 rings (SSSR count). The lowest BCUT2D eigenvalue weighted by molar-refractivity contribution is -0.132. The van der Waals surface area contributed by atoms with Crippen LogP contribution in [-0.4, -0.2) is 43.6 Å². The molecule has 1 aromatic rings. The fourth-order valence-corrected chi connectivity index (χ4v) is 3.87. The van der Waals surface area contributed by atoms with Gasteiger partial charge in [0.2, 0.25) is 0 Å². The minimum atomic E-state index is -0.429. The lowest BCUT2D eigenvalue weighted by Gasteiger charge is -2.31. The van der Waals surface area contributed by atoms with E-state index in [2.05, 4.69) is 6.07 Å². The van der Waals surface area contributed by atoms with E-state index in [-0.39, 0.29) is 12.0 Å². The molecule has 0 aliphatic carbocycles. The molecule has 22 heavy (non-hydrogen) atoms. The van der Waals surface area contributed by atoms with Crippen molar-refractivity contribution in [2.24, 2.45) is 0 Å². The maximum Gasteiger partial charge on any atom is 0.255 e. The van der Waals surface area contributed by atoms with Crippen LogP contribution < -0.4 is 4.90 Å². The van der Waals surface area contributed by atoms with Crippen LogP contribution in [0.25, 0.3) is 0 Å². The fraction of sp³-hybridized carbons (Fsp3) is 0.588. The first-order valence-corrected chi connectivity index (χ1v) is 9.00. The molecular formula is C17H23NO3S. The zero-order chi connectivity index (χ0) is 15.4. The number of ether oxygens (including phenoxy) is 2. The van der Waals surface area contributed by atoms with Crippen LogP contribution >= 0.6 is 11.8 Å². The van der Waals surface area contributed by atoms with E-state index in [1.54, 1.807) is 11.8 Å². The molecule has 2 heterocycles. The molecule has 1 saturated heterocycles. The Hall–Kier alpha value is -1.04. The summed E-state index contributed by atoms with van der Waals surface area (Å²) in [5.74, 6) is 0.977. The van der Waals surface area contributed by atoms with E-state index in [0.29, 0.717) is 6.61 Å². The Labute approximate surface area is 136 Å². The smallest absolute Gasteiger partial charge is 0.255 e. The van der Waals surface area contributed by atoms with E-state index in [9.17, 15) is 4.79 Å². The molecular weight excluding hydrogens is 298 g/mol. The molecule has 0 aromatic heterocycles. The van der Waals surface area contributed by atoms with Crippen molar-refractivity contribution in [2.75, 3.05) is 30.4 Å². The molecule has 0 radical (unpaired) electrons. The summed E-state index contributed by atoms with van der Waals surface area (Å²) in [4.78, 5) is 15.7. The van der Waals surface area contributed by atoms with E-state index in [0.717, 1.165) is 37.4 Å². The van der Waals surface area contributed by atoms with E-state index in [4.69, 9.17) is 9.47 Å². The van der Waals surface area contributed by atoms with Crippen molar-refractivity contribution in [3.63, 3.8) is 0 Å². The van der Waals surface area contributed by atoms with Crippen molar-refractivity contribution in [2.45, 2.75) is 43.3 Å². The Morgan fingerprint density at radius 1 is 1.45 bits per heavy atom. The number of anilines is 1. The van der Waals surface area contributed by atoms with Crippen LogP contribution in [0.2, 0.25) is 0 Å². The Morgan fingerprint density at radius 3 is 3.14 bits per heavy atom. The highest BCUT2D eigenvalue weighted by Gasteiger charge is 2.27. The summed E-state index contributed by atoms with van der Waals surface area (Å²) in [7, 11) is 0. The highest BCUT2D eigenvalue weighted by Crippen LogP contribution is 2.34. The third-order valence-corrected chi connectivity index (χ3v) is 5.19. The first-order chi connectivity index (χ1) is 10.8. The van der Waals surface area contributed by atoms with Crippen LogP contribution in [0.4, 0.5) is 5.69 Å². The van der Waals surface area contributed by atoms with Gasteiger partial charge in [0.25, 0.3) is 5.91 Å². The van der Waals surface area contributed by atoms with Gasteiger partial charge in [-0.05, 0) is 38.3 Å². The Balaban J connectivity index is 1.59. The standard InChI is InChI=1S/C17H23NO3S/c1-13(21-12-14-6-4-5-10-20-14)17(19)18-9-11-22-16-8-3-2-7-15(16)18/h2-3,7-8,13-14H,4-6,9-12H2,1H3. The molecule has 2 aliphatic heterocycles. The van der Waals surface area contributed by atoms with Crippen LogP contribution in [0.5, 0.6) is 0 Å². The van der Waals surface area contributed by atoms with Crippen LogP contribution in [0.1, 0.15) is 26.2 Å². The number of carbonyl (C=O) groups is 1. The number of thioether (sulfide) groups is 1. The van der Waals surface area contributed by atoms with Crippen molar-refractivity contribution in [3.05, 3.63) is 24.3 Å². The molecule has 2 atom stereocenters. The number of para-hydroxylation sites is 1. The molecule has 0 spiro atoms. The summed E-state index contributed by atoms with van der Waals surface area (Å²) in [5.41, 5.74) is 1.01. The second-order valence-corrected chi connectivity index (χ2v) is 6.91. The maximum absolute atomic E-state index is 12.7. The van der Waals surface area contributed by atoms with Gasteiger partial charge < -0.3 is 14.4 Å². The van der Waals surface area contributed by atoms with Gasteiger partial charge in [-0.2, -0.15) is 0 Å². The van der Waals surface area contributed by atoms with Gasteiger partial charge in [-0.1, -0.05) is 12.1 Å². The number of carbonyl (C=O) groups excluding carboxylic acids is 1. The normalized spacial score (nSPS) is 23.0. The molecule has 1 fully saturated rings. The van der Waals surface area contributed by atoms with Gasteiger partial charge in [-0.25, -0.2) is 0 Å². The molecule has 5 heteroatoms. The van der Waals surface area contributed by atoms with Crippen molar-refractivity contribution < 1.29 is 14.3 Å².